The van der Waals surface area contributed by atoms with E-state index in [1.54, 1.807) is 23.2 Å². The summed E-state index contributed by atoms with van der Waals surface area (Å²) in [5.74, 6) is -1.06. The van der Waals surface area contributed by atoms with Gasteiger partial charge in [0, 0.05) is 31.1 Å². The Kier molecular flexibility index (Phi) is 5.12. The van der Waals surface area contributed by atoms with Gasteiger partial charge in [0.2, 0.25) is 11.8 Å². The molecular formula is C20H17FN4O2S. The molecule has 1 saturated heterocycles. The third-order valence-electron chi connectivity index (χ3n) is 4.53. The summed E-state index contributed by atoms with van der Waals surface area (Å²) in [5.41, 5.74) is 2.26. The van der Waals surface area contributed by atoms with Crippen LogP contribution in [-0.4, -0.2) is 33.2 Å². The van der Waals surface area contributed by atoms with Gasteiger partial charge >= 0.3 is 0 Å². The van der Waals surface area contributed by atoms with E-state index in [1.807, 2.05) is 23.6 Å². The molecule has 0 unspecified atom stereocenters. The Labute approximate surface area is 165 Å². The predicted molar refractivity (Wildman–Crippen MR) is 104 cm³/mol. The van der Waals surface area contributed by atoms with Crippen LogP contribution in [0.4, 0.5) is 9.52 Å². The Morgan fingerprint density at radius 2 is 2.04 bits per heavy atom. The van der Waals surface area contributed by atoms with Gasteiger partial charge in [0.25, 0.3) is 0 Å². The number of amides is 2. The van der Waals surface area contributed by atoms with Crippen LogP contribution in [-0.2, 0) is 16.1 Å². The number of pyridine rings is 1. The molecule has 1 aliphatic heterocycles. The molecule has 0 aliphatic carbocycles. The number of anilines is 1. The van der Waals surface area contributed by atoms with Crippen molar-refractivity contribution in [2.75, 3.05) is 11.9 Å². The minimum absolute atomic E-state index is 0.0854. The van der Waals surface area contributed by atoms with Crippen molar-refractivity contribution in [3.8, 4) is 11.4 Å². The third-order valence-corrected chi connectivity index (χ3v) is 5.29. The first-order valence-corrected chi connectivity index (χ1v) is 9.66. The third kappa shape index (κ3) is 4.07. The van der Waals surface area contributed by atoms with E-state index in [2.05, 4.69) is 15.3 Å². The highest BCUT2D eigenvalue weighted by Gasteiger charge is 2.34. The normalized spacial score (nSPS) is 16.4. The van der Waals surface area contributed by atoms with E-state index >= 15 is 0 Å². The first-order valence-electron chi connectivity index (χ1n) is 8.78. The van der Waals surface area contributed by atoms with Crippen molar-refractivity contribution in [2.45, 2.75) is 13.0 Å². The highest BCUT2D eigenvalue weighted by molar-refractivity contribution is 7.14. The van der Waals surface area contributed by atoms with Gasteiger partial charge in [0.1, 0.15) is 11.5 Å². The van der Waals surface area contributed by atoms with Crippen LogP contribution < -0.4 is 5.32 Å². The molecular weight excluding hydrogens is 379 g/mol. The molecule has 1 aromatic carbocycles. The summed E-state index contributed by atoms with van der Waals surface area (Å²) in [6, 6.07) is 11.6. The molecule has 3 aromatic rings. The van der Waals surface area contributed by atoms with E-state index in [9.17, 15) is 14.0 Å². The molecule has 28 heavy (non-hydrogen) atoms. The number of carbonyl (C=O) groups is 2. The summed E-state index contributed by atoms with van der Waals surface area (Å²) in [5, 5.41) is 5.11. The van der Waals surface area contributed by atoms with Gasteiger partial charge in [-0.05, 0) is 29.8 Å². The monoisotopic (exact) mass is 396 g/mol. The smallest absolute Gasteiger partial charge is 0.231 e. The van der Waals surface area contributed by atoms with Crippen molar-refractivity contribution in [2.24, 2.45) is 5.92 Å². The molecule has 4 rings (SSSR count). The second-order valence-electron chi connectivity index (χ2n) is 6.54. The van der Waals surface area contributed by atoms with Gasteiger partial charge in [-0.15, -0.1) is 11.3 Å². The molecule has 0 bridgehead atoms. The second kappa shape index (κ2) is 7.85. The van der Waals surface area contributed by atoms with Crippen LogP contribution in [0.3, 0.4) is 0 Å². The Bertz CT molecular complexity index is 991. The topological polar surface area (TPSA) is 75.2 Å². The van der Waals surface area contributed by atoms with Crippen molar-refractivity contribution >= 4 is 28.3 Å². The Morgan fingerprint density at radius 3 is 2.79 bits per heavy atom. The average molecular weight is 396 g/mol. The minimum atomic E-state index is -0.435. The van der Waals surface area contributed by atoms with Gasteiger partial charge in [0.15, 0.2) is 5.13 Å². The molecule has 142 valence electrons. The van der Waals surface area contributed by atoms with Crippen molar-refractivity contribution in [3.63, 3.8) is 0 Å². The van der Waals surface area contributed by atoms with Crippen molar-refractivity contribution in [3.05, 3.63) is 65.4 Å². The second-order valence-corrected chi connectivity index (χ2v) is 7.40. The van der Waals surface area contributed by atoms with Crippen LogP contribution in [0, 0.1) is 11.7 Å². The molecule has 6 nitrogen and oxygen atoms in total. The summed E-state index contributed by atoms with van der Waals surface area (Å²) in [6.07, 6.45) is 1.85. The average Bonchev–Trinajstić information content (AvgIpc) is 3.31. The number of aromatic nitrogens is 2. The zero-order chi connectivity index (χ0) is 19.5. The molecule has 1 aliphatic rings. The van der Waals surface area contributed by atoms with Crippen LogP contribution in [0.15, 0.2) is 54.0 Å². The summed E-state index contributed by atoms with van der Waals surface area (Å²) < 4.78 is 13.0. The van der Waals surface area contributed by atoms with Crippen LogP contribution >= 0.6 is 11.3 Å². The van der Waals surface area contributed by atoms with E-state index in [-0.39, 0.29) is 24.1 Å². The fourth-order valence-corrected chi connectivity index (χ4v) is 3.79. The number of carbonyl (C=O) groups excluding carboxylic acids is 2. The number of benzene rings is 1. The van der Waals surface area contributed by atoms with Crippen LogP contribution in [0.25, 0.3) is 11.4 Å². The van der Waals surface area contributed by atoms with Crippen LogP contribution in [0.5, 0.6) is 0 Å². The maximum atomic E-state index is 13.0. The Hall–Kier alpha value is -3.13. The molecule has 0 spiro atoms. The molecule has 8 heteroatoms. The van der Waals surface area contributed by atoms with Crippen molar-refractivity contribution in [1.29, 1.82) is 0 Å². The van der Waals surface area contributed by atoms with Gasteiger partial charge in [-0.3, -0.25) is 14.6 Å². The van der Waals surface area contributed by atoms with E-state index < -0.39 is 5.92 Å². The van der Waals surface area contributed by atoms with Crippen molar-refractivity contribution in [1.82, 2.24) is 14.9 Å². The highest BCUT2D eigenvalue weighted by atomic mass is 32.1. The largest absolute Gasteiger partial charge is 0.338 e. The van der Waals surface area contributed by atoms with E-state index in [0.29, 0.717) is 23.9 Å². The molecule has 2 amide bonds. The number of hydrogen-bond donors (Lipinski definition) is 1. The molecule has 1 atom stereocenters. The Balaban J connectivity index is 1.37. The zero-order valence-electron chi connectivity index (χ0n) is 14.8. The number of halogens is 1. The first-order chi connectivity index (χ1) is 13.6. The standard InChI is InChI=1S/C20H17FN4O2S/c21-15-6-4-13(5-7-15)10-25-11-14(9-18(25)26)19(27)24-20-23-17(12-28-20)16-3-1-2-8-22-16/h1-8,12,14H,9-11H2,(H,23,24,27)/t14-/m0/s1. The van der Waals surface area contributed by atoms with Crippen LogP contribution in [0.2, 0.25) is 0 Å². The van der Waals surface area contributed by atoms with Crippen LogP contribution in [0.1, 0.15) is 12.0 Å². The number of nitrogens with one attached hydrogen (secondary N) is 1. The van der Waals surface area contributed by atoms with Crippen molar-refractivity contribution < 1.29 is 14.0 Å². The Morgan fingerprint density at radius 1 is 1.21 bits per heavy atom. The molecule has 1 N–H and O–H groups in total. The zero-order valence-corrected chi connectivity index (χ0v) is 15.7. The lowest BCUT2D eigenvalue weighted by Crippen LogP contribution is -2.28. The van der Waals surface area contributed by atoms with Gasteiger partial charge < -0.3 is 10.2 Å². The SMILES string of the molecule is O=C(Nc1nc(-c2ccccn2)cs1)[C@H]1CC(=O)N(Cc2ccc(F)cc2)C1. The van der Waals surface area contributed by atoms with Gasteiger partial charge in [-0.1, -0.05) is 18.2 Å². The number of hydrogen-bond acceptors (Lipinski definition) is 5. The number of thiazole rings is 1. The summed E-state index contributed by atoms with van der Waals surface area (Å²) in [4.78, 5) is 35.1. The number of likely N-dealkylation sites (tertiary alicyclic amines) is 1. The highest BCUT2D eigenvalue weighted by Crippen LogP contribution is 2.26. The van der Waals surface area contributed by atoms with Gasteiger partial charge in [-0.25, -0.2) is 9.37 Å². The minimum Gasteiger partial charge on any atom is -0.338 e. The fourth-order valence-electron chi connectivity index (χ4n) is 3.08. The van der Waals surface area contributed by atoms with E-state index in [4.69, 9.17) is 0 Å². The molecule has 3 heterocycles. The lowest BCUT2D eigenvalue weighted by atomic mass is 10.1. The lowest BCUT2D eigenvalue weighted by molar-refractivity contribution is -0.128. The van der Waals surface area contributed by atoms with E-state index in [0.717, 1.165) is 11.3 Å². The molecule has 2 aromatic heterocycles. The fraction of sp³-hybridized carbons (Fsp3) is 0.200. The molecule has 0 radical (unpaired) electrons. The quantitative estimate of drug-likeness (QED) is 0.718. The molecule has 0 saturated carbocycles. The summed E-state index contributed by atoms with van der Waals surface area (Å²) in [6.45, 7) is 0.699. The maximum absolute atomic E-state index is 13.0. The molecule has 1 fully saturated rings. The summed E-state index contributed by atoms with van der Waals surface area (Å²) in [7, 11) is 0. The number of nitrogens with zero attached hydrogens (tertiary/aromatic N) is 3. The lowest BCUT2D eigenvalue weighted by Gasteiger charge is -2.16. The van der Waals surface area contributed by atoms with Gasteiger partial charge in [0.05, 0.1) is 11.6 Å². The predicted octanol–water partition coefficient (Wildman–Crippen LogP) is 3.33. The number of rotatable bonds is 5. The maximum Gasteiger partial charge on any atom is 0.231 e. The van der Waals surface area contributed by atoms with Gasteiger partial charge in [-0.2, -0.15) is 0 Å². The first kappa shape index (κ1) is 18.2. The summed E-state index contributed by atoms with van der Waals surface area (Å²) >= 11 is 1.32. The van der Waals surface area contributed by atoms with E-state index in [1.165, 1.54) is 23.5 Å².